The van der Waals surface area contributed by atoms with Gasteiger partial charge < -0.3 is 5.32 Å². The molecular formula is C22H20ClN3O2. The zero-order valence-electron chi connectivity index (χ0n) is 15.5. The lowest BCUT2D eigenvalue weighted by atomic mass is 9.87. The van der Waals surface area contributed by atoms with Crippen molar-refractivity contribution in [1.82, 2.24) is 15.1 Å². The van der Waals surface area contributed by atoms with Gasteiger partial charge in [-0.15, -0.1) is 0 Å². The highest BCUT2D eigenvalue weighted by Crippen LogP contribution is 2.29. The van der Waals surface area contributed by atoms with Crippen LogP contribution in [0.3, 0.4) is 0 Å². The van der Waals surface area contributed by atoms with Crippen molar-refractivity contribution in [3.63, 3.8) is 0 Å². The predicted octanol–water partition coefficient (Wildman–Crippen LogP) is 4.00. The van der Waals surface area contributed by atoms with Crippen LogP contribution in [0.5, 0.6) is 0 Å². The summed E-state index contributed by atoms with van der Waals surface area (Å²) in [5.74, 6) is -0.450. The second-order valence-corrected chi connectivity index (χ2v) is 7.44. The molecule has 0 radical (unpaired) electrons. The van der Waals surface area contributed by atoms with Crippen LogP contribution in [-0.4, -0.2) is 15.7 Å². The maximum atomic E-state index is 12.9. The van der Waals surface area contributed by atoms with Crippen molar-refractivity contribution in [1.29, 1.82) is 0 Å². The van der Waals surface area contributed by atoms with Gasteiger partial charge in [-0.25, -0.2) is 4.68 Å². The third kappa shape index (κ3) is 3.58. The molecule has 0 saturated carbocycles. The van der Waals surface area contributed by atoms with Crippen LogP contribution in [0.1, 0.15) is 46.2 Å². The van der Waals surface area contributed by atoms with Gasteiger partial charge in [0.05, 0.1) is 11.7 Å². The fourth-order valence-electron chi connectivity index (χ4n) is 3.68. The van der Waals surface area contributed by atoms with Gasteiger partial charge in [0.1, 0.15) is 0 Å². The molecule has 0 aliphatic heterocycles. The number of carbonyl (C=O) groups is 1. The number of aromatic nitrogens is 2. The Bertz CT molecular complexity index is 1090. The molecule has 0 fully saturated rings. The molecular weight excluding hydrogens is 374 g/mol. The van der Waals surface area contributed by atoms with Crippen LogP contribution >= 0.6 is 11.6 Å². The summed E-state index contributed by atoms with van der Waals surface area (Å²) in [4.78, 5) is 25.3. The van der Waals surface area contributed by atoms with Crippen LogP contribution in [0.2, 0.25) is 5.02 Å². The van der Waals surface area contributed by atoms with E-state index in [2.05, 4.69) is 16.5 Å². The first-order chi connectivity index (χ1) is 13.5. The first-order valence-corrected chi connectivity index (χ1v) is 9.66. The monoisotopic (exact) mass is 393 g/mol. The summed E-state index contributed by atoms with van der Waals surface area (Å²) in [6.45, 7) is 1.78. The first-order valence-electron chi connectivity index (χ1n) is 9.28. The van der Waals surface area contributed by atoms with Crippen molar-refractivity contribution in [2.75, 3.05) is 0 Å². The van der Waals surface area contributed by atoms with E-state index in [9.17, 15) is 9.59 Å². The second kappa shape index (κ2) is 7.60. The van der Waals surface area contributed by atoms with Crippen LogP contribution in [0, 0.1) is 6.92 Å². The molecule has 1 heterocycles. The number of hydrogen-bond acceptors (Lipinski definition) is 3. The molecule has 1 aliphatic carbocycles. The molecule has 1 aromatic heterocycles. The van der Waals surface area contributed by atoms with E-state index < -0.39 is 5.91 Å². The van der Waals surface area contributed by atoms with Crippen molar-refractivity contribution in [2.24, 2.45) is 0 Å². The molecule has 1 N–H and O–H groups in total. The lowest BCUT2D eigenvalue weighted by molar-refractivity contribution is 0.0924. The predicted molar refractivity (Wildman–Crippen MR) is 109 cm³/mol. The molecule has 3 aromatic rings. The molecule has 6 heteroatoms. The lowest BCUT2D eigenvalue weighted by Gasteiger charge is -2.26. The fraction of sp³-hybridized carbons (Fsp3) is 0.227. The highest BCUT2D eigenvalue weighted by molar-refractivity contribution is 6.30. The normalized spacial score (nSPS) is 15.7. The number of nitrogens with one attached hydrogen (secondary N) is 1. The van der Waals surface area contributed by atoms with E-state index in [0.29, 0.717) is 10.7 Å². The van der Waals surface area contributed by atoms with Gasteiger partial charge in [0.2, 0.25) is 5.43 Å². The zero-order chi connectivity index (χ0) is 19.7. The van der Waals surface area contributed by atoms with Crippen molar-refractivity contribution in [2.45, 2.75) is 32.2 Å². The molecule has 1 atom stereocenters. The Morgan fingerprint density at radius 1 is 1.18 bits per heavy atom. The van der Waals surface area contributed by atoms with Crippen molar-refractivity contribution < 1.29 is 4.79 Å². The lowest BCUT2D eigenvalue weighted by Crippen LogP contribution is -2.35. The molecule has 142 valence electrons. The van der Waals surface area contributed by atoms with E-state index in [1.807, 2.05) is 18.2 Å². The maximum Gasteiger partial charge on any atom is 0.276 e. The first kappa shape index (κ1) is 18.4. The Hall–Kier alpha value is -2.92. The molecule has 5 nitrogen and oxygen atoms in total. The standard InChI is InChI=1S/C22H20ClN3O2/c1-14-13-20(27)21(25-26(14)17-11-9-16(23)10-12-17)22(28)24-19-8-4-6-15-5-2-3-7-18(15)19/h2-3,5,7,9-13,19H,4,6,8H2,1H3,(H,24,28). The zero-order valence-corrected chi connectivity index (χ0v) is 16.2. The minimum Gasteiger partial charge on any atom is -0.344 e. The Morgan fingerprint density at radius 3 is 2.71 bits per heavy atom. The van der Waals surface area contributed by atoms with E-state index in [1.165, 1.54) is 11.6 Å². The minimum atomic E-state index is -0.450. The van der Waals surface area contributed by atoms with Crippen LogP contribution in [-0.2, 0) is 6.42 Å². The van der Waals surface area contributed by atoms with Gasteiger partial charge in [0, 0.05) is 16.8 Å². The van der Waals surface area contributed by atoms with Gasteiger partial charge in [0.15, 0.2) is 5.69 Å². The number of fused-ring (bicyclic) bond motifs is 1. The van der Waals surface area contributed by atoms with E-state index in [0.717, 1.165) is 30.5 Å². The van der Waals surface area contributed by atoms with Gasteiger partial charge in [-0.3, -0.25) is 9.59 Å². The second-order valence-electron chi connectivity index (χ2n) is 7.00. The summed E-state index contributed by atoms with van der Waals surface area (Å²) in [6, 6.07) is 16.5. The maximum absolute atomic E-state index is 12.9. The SMILES string of the molecule is Cc1cc(=O)c(C(=O)NC2CCCc3ccccc32)nn1-c1ccc(Cl)cc1. The highest BCUT2D eigenvalue weighted by atomic mass is 35.5. The molecule has 1 aliphatic rings. The van der Waals surface area contributed by atoms with Crippen molar-refractivity contribution in [3.05, 3.63) is 92.4 Å². The molecule has 2 aromatic carbocycles. The van der Waals surface area contributed by atoms with Gasteiger partial charge in [0.25, 0.3) is 5.91 Å². The smallest absolute Gasteiger partial charge is 0.276 e. The fourth-order valence-corrected chi connectivity index (χ4v) is 3.80. The molecule has 0 bridgehead atoms. The average molecular weight is 394 g/mol. The molecule has 28 heavy (non-hydrogen) atoms. The number of amides is 1. The van der Waals surface area contributed by atoms with Crippen molar-refractivity contribution in [3.8, 4) is 5.69 Å². The van der Waals surface area contributed by atoms with Crippen LogP contribution in [0.15, 0.2) is 59.4 Å². The van der Waals surface area contributed by atoms with E-state index in [-0.39, 0.29) is 17.2 Å². The third-order valence-electron chi connectivity index (χ3n) is 5.07. The number of benzene rings is 2. The number of carbonyl (C=O) groups excluding carboxylic acids is 1. The van der Waals surface area contributed by atoms with E-state index in [1.54, 1.807) is 35.9 Å². The average Bonchev–Trinajstić information content (AvgIpc) is 2.69. The Morgan fingerprint density at radius 2 is 1.93 bits per heavy atom. The Labute approximate surface area is 168 Å². The van der Waals surface area contributed by atoms with Crippen LogP contribution in [0.4, 0.5) is 0 Å². The third-order valence-corrected chi connectivity index (χ3v) is 5.32. The number of hydrogen-bond donors (Lipinski definition) is 1. The quantitative estimate of drug-likeness (QED) is 0.731. The highest BCUT2D eigenvalue weighted by Gasteiger charge is 2.24. The topological polar surface area (TPSA) is 64.0 Å². The summed E-state index contributed by atoms with van der Waals surface area (Å²) in [5, 5.41) is 7.95. The van der Waals surface area contributed by atoms with Crippen LogP contribution < -0.4 is 10.7 Å². The number of aryl methyl sites for hydroxylation is 2. The van der Waals surface area contributed by atoms with E-state index >= 15 is 0 Å². The summed E-state index contributed by atoms with van der Waals surface area (Å²) in [6.07, 6.45) is 2.85. The molecule has 0 spiro atoms. The molecule has 4 rings (SSSR count). The van der Waals surface area contributed by atoms with Gasteiger partial charge >= 0.3 is 0 Å². The Kier molecular flexibility index (Phi) is 5.01. The van der Waals surface area contributed by atoms with E-state index in [4.69, 9.17) is 11.6 Å². The Balaban J connectivity index is 1.66. The molecule has 0 saturated heterocycles. The summed E-state index contributed by atoms with van der Waals surface area (Å²) >= 11 is 5.95. The summed E-state index contributed by atoms with van der Waals surface area (Å²) < 4.78 is 1.58. The van der Waals surface area contributed by atoms with Gasteiger partial charge in [-0.2, -0.15) is 5.10 Å². The number of rotatable bonds is 3. The number of nitrogens with zero attached hydrogens (tertiary/aromatic N) is 2. The summed E-state index contributed by atoms with van der Waals surface area (Å²) in [7, 11) is 0. The van der Waals surface area contributed by atoms with Gasteiger partial charge in [-0.05, 0) is 61.6 Å². The largest absolute Gasteiger partial charge is 0.344 e. The van der Waals surface area contributed by atoms with Crippen LogP contribution in [0.25, 0.3) is 5.69 Å². The summed E-state index contributed by atoms with van der Waals surface area (Å²) in [5.41, 5.74) is 3.25. The van der Waals surface area contributed by atoms with Crippen molar-refractivity contribution >= 4 is 17.5 Å². The molecule has 1 unspecified atom stereocenters. The molecule has 1 amide bonds. The number of halogens is 1. The van der Waals surface area contributed by atoms with Gasteiger partial charge in [-0.1, -0.05) is 35.9 Å². The minimum absolute atomic E-state index is 0.107.